The number of H-pyrrole nitrogens is 2. The number of rotatable bonds is 2. The van der Waals surface area contributed by atoms with E-state index in [1.807, 2.05) is 55.7 Å². The quantitative estimate of drug-likeness (QED) is 0.409. The Kier molecular flexibility index (Phi) is 5.09. The summed E-state index contributed by atoms with van der Waals surface area (Å²) in [5, 5.41) is 2.16. The van der Waals surface area contributed by atoms with Gasteiger partial charge in [0, 0.05) is 44.3 Å². The summed E-state index contributed by atoms with van der Waals surface area (Å²) in [6.45, 7) is 5.17. The molecule has 4 rings (SSSR count). The van der Waals surface area contributed by atoms with Crippen molar-refractivity contribution in [3.05, 3.63) is 70.0 Å². The fourth-order valence-corrected chi connectivity index (χ4v) is 3.48. The van der Waals surface area contributed by atoms with Gasteiger partial charge in [-0.2, -0.15) is 0 Å². The highest BCUT2D eigenvalue weighted by Gasteiger charge is 2.06. The maximum Gasteiger partial charge on any atom is 0.159 e. The minimum atomic E-state index is 0.0869. The number of carbonyl (C=O) groups excluding carboxylic acids is 2. The fourth-order valence-electron chi connectivity index (χ4n) is 2.89. The van der Waals surface area contributed by atoms with Gasteiger partial charge in [0.05, 0.1) is 5.52 Å². The molecule has 4 nitrogen and oxygen atoms in total. The normalized spacial score (nSPS) is 10.6. The van der Waals surface area contributed by atoms with E-state index in [4.69, 9.17) is 0 Å². The van der Waals surface area contributed by atoms with Crippen molar-refractivity contribution in [2.75, 3.05) is 0 Å². The van der Waals surface area contributed by atoms with Gasteiger partial charge >= 0.3 is 0 Å². The number of carbonyl (C=O) groups is 2. The molecule has 0 aliphatic heterocycles. The number of hydrogen-bond acceptors (Lipinski definition) is 2. The van der Waals surface area contributed by atoms with Crippen molar-refractivity contribution in [3.8, 4) is 0 Å². The van der Waals surface area contributed by atoms with Crippen LogP contribution in [0.4, 0.5) is 0 Å². The first-order valence-corrected chi connectivity index (χ1v) is 9.02. The molecule has 2 aromatic carbocycles. The topological polar surface area (TPSA) is 65.7 Å². The minimum Gasteiger partial charge on any atom is -0.361 e. The molecule has 5 heteroatoms. The smallest absolute Gasteiger partial charge is 0.159 e. The molecule has 0 aliphatic carbocycles. The average molecular weight is 411 g/mol. The molecule has 4 aromatic rings. The van der Waals surface area contributed by atoms with Crippen LogP contribution in [-0.2, 0) is 0 Å². The number of hydrogen-bond donors (Lipinski definition) is 2. The predicted molar refractivity (Wildman–Crippen MR) is 109 cm³/mol. The lowest BCUT2D eigenvalue weighted by atomic mass is 10.1. The zero-order chi connectivity index (χ0) is 18.8. The molecule has 0 amide bonds. The first-order chi connectivity index (χ1) is 12.4. The number of aryl methyl sites for hydroxylation is 1. The number of ketones is 2. The Labute approximate surface area is 159 Å². The van der Waals surface area contributed by atoms with E-state index in [0.29, 0.717) is 0 Å². The first kappa shape index (κ1) is 18.1. The molecular formula is C21H19BrN2O2. The molecule has 132 valence electrons. The van der Waals surface area contributed by atoms with Gasteiger partial charge in [0.1, 0.15) is 0 Å². The van der Waals surface area contributed by atoms with Crippen LogP contribution >= 0.6 is 15.9 Å². The van der Waals surface area contributed by atoms with Crippen molar-refractivity contribution >= 4 is 49.3 Å². The second-order valence-corrected chi connectivity index (χ2v) is 7.10. The molecule has 26 heavy (non-hydrogen) atoms. The van der Waals surface area contributed by atoms with Crippen molar-refractivity contribution in [3.63, 3.8) is 0 Å². The molecule has 0 atom stereocenters. The zero-order valence-electron chi connectivity index (χ0n) is 14.8. The van der Waals surface area contributed by atoms with Crippen LogP contribution in [0, 0.1) is 6.92 Å². The van der Waals surface area contributed by atoms with Crippen molar-refractivity contribution in [2.45, 2.75) is 20.8 Å². The number of aromatic nitrogens is 2. The van der Waals surface area contributed by atoms with Crippen LogP contribution in [0.1, 0.15) is 40.1 Å². The van der Waals surface area contributed by atoms with E-state index in [1.165, 1.54) is 0 Å². The monoisotopic (exact) mass is 410 g/mol. The van der Waals surface area contributed by atoms with Gasteiger partial charge in [-0.15, -0.1) is 0 Å². The molecule has 0 unspecified atom stereocenters. The van der Waals surface area contributed by atoms with Crippen molar-refractivity contribution in [2.24, 2.45) is 0 Å². The van der Waals surface area contributed by atoms with Crippen LogP contribution in [0.2, 0.25) is 0 Å². The molecule has 2 aromatic heterocycles. The van der Waals surface area contributed by atoms with E-state index in [9.17, 15) is 9.59 Å². The Hall–Kier alpha value is -2.66. The molecule has 0 aliphatic rings. The number of aromatic amines is 2. The average Bonchev–Trinajstić information content (AvgIpc) is 3.24. The largest absolute Gasteiger partial charge is 0.361 e. The number of fused-ring (bicyclic) bond motifs is 2. The number of Topliss-reactive ketones (excluding diaryl/α,β-unsaturated/α-hetero) is 2. The third-order valence-electron chi connectivity index (χ3n) is 4.28. The van der Waals surface area contributed by atoms with Crippen LogP contribution in [0.25, 0.3) is 21.8 Å². The second kappa shape index (κ2) is 7.30. The van der Waals surface area contributed by atoms with Crippen LogP contribution < -0.4 is 0 Å². The van der Waals surface area contributed by atoms with Crippen molar-refractivity contribution in [1.29, 1.82) is 0 Å². The van der Waals surface area contributed by atoms with Crippen LogP contribution in [0.15, 0.2) is 53.3 Å². The second-order valence-electron chi connectivity index (χ2n) is 6.25. The van der Waals surface area contributed by atoms with Crippen LogP contribution in [0.3, 0.4) is 0 Å². The van der Waals surface area contributed by atoms with Gasteiger partial charge in [0.2, 0.25) is 0 Å². The van der Waals surface area contributed by atoms with E-state index >= 15 is 0 Å². The van der Waals surface area contributed by atoms with E-state index in [0.717, 1.165) is 43.0 Å². The summed E-state index contributed by atoms with van der Waals surface area (Å²) in [5.41, 5.74) is 4.78. The Morgan fingerprint density at radius 2 is 1.31 bits per heavy atom. The lowest BCUT2D eigenvalue weighted by Gasteiger charge is -2.00. The standard InChI is InChI=1S/C11H11NO.C10H8BrNO/c1-7-5-10(8(2)13)6-9-3-4-12-11(7)9;1-6(13)8-4-7-2-3-12-10(7)9(11)5-8/h3-6,12H,1-2H3;2-5,12H,1H3. The minimum absolute atomic E-state index is 0.0869. The van der Waals surface area contributed by atoms with Gasteiger partial charge in [-0.1, -0.05) is 0 Å². The maximum absolute atomic E-state index is 11.2. The predicted octanol–water partition coefficient (Wildman–Crippen LogP) is 5.81. The zero-order valence-corrected chi connectivity index (χ0v) is 16.4. The summed E-state index contributed by atoms with van der Waals surface area (Å²) in [7, 11) is 0. The number of halogens is 1. The van der Waals surface area contributed by atoms with E-state index in [-0.39, 0.29) is 11.6 Å². The molecular weight excluding hydrogens is 392 g/mol. The third kappa shape index (κ3) is 3.63. The lowest BCUT2D eigenvalue weighted by Crippen LogP contribution is -1.92. The summed E-state index contributed by atoms with van der Waals surface area (Å²) in [5.74, 6) is 0.204. The van der Waals surface area contributed by atoms with E-state index in [2.05, 4.69) is 25.9 Å². The first-order valence-electron chi connectivity index (χ1n) is 8.23. The highest BCUT2D eigenvalue weighted by atomic mass is 79.9. The van der Waals surface area contributed by atoms with Gasteiger partial charge in [-0.05, 0) is 78.7 Å². The van der Waals surface area contributed by atoms with Gasteiger partial charge < -0.3 is 9.97 Å². The Morgan fingerprint density at radius 1 is 0.808 bits per heavy atom. The highest BCUT2D eigenvalue weighted by Crippen LogP contribution is 2.24. The van der Waals surface area contributed by atoms with Crippen molar-refractivity contribution < 1.29 is 9.59 Å². The maximum atomic E-state index is 11.2. The number of nitrogens with one attached hydrogen (secondary N) is 2. The Bertz CT molecular complexity index is 1030. The van der Waals surface area contributed by atoms with Crippen molar-refractivity contribution in [1.82, 2.24) is 9.97 Å². The summed E-state index contributed by atoms with van der Waals surface area (Å²) in [6, 6.07) is 11.5. The molecule has 0 saturated heterocycles. The Morgan fingerprint density at radius 3 is 1.88 bits per heavy atom. The number of benzene rings is 2. The highest BCUT2D eigenvalue weighted by molar-refractivity contribution is 9.10. The molecule has 0 spiro atoms. The molecule has 0 bridgehead atoms. The van der Waals surface area contributed by atoms with Gasteiger partial charge in [0.25, 0.3) is 0 Å². The molecule has 0 fully saturated rings. The summed E-state index contributed by atoms with van der Waals surface area (Å²) in [6.07, 6.45) is 3.75. The molecule has 2 N–H and O–H groups in total. The van der Waals surface area contributed by atoms with Crippen LogP contribution in [-0.4, -0.2) is 21.5 Å². The molecule has 2 heterocycles. The van der Waals surface area contributed by atoms with Gasteiger partial charge in [-0.3, -0.25) is 9.59 Å². The van der Waals surface area contributed by atoms with Crippen LogP contribution in [0.5, 0.6) is 0 Å². The molecule has 0 saturated carbocycles. The summed E-state index contributed by atoms with van der Waals surface area (Å²) in [4.78, 5) is 28.5. The fraction of sp³-hybridized carbons (Fsp3) is 0.143. The summed E-state index contributed by atoms with van der Waals surface area (Å²) >= 11 is 3.41. The van der Waals surface area contributed by atoms with E-state index < -0.39 is 0 Å². The SMILES string of the molecule is CC(=O)c1cc(Br)c2[nH]ccc2c1.CC(=O)c1cc(C)c2[nH]ccc2c1. The van der Waals surface area contributed by atoms with Gasteiger partial charge in [-0.25, -0.2) is 0 Å². The lowest BCUT2D eigenvalue weighted by molar-refractivity contribution is 0.100. The van der Waals surface area contributed by atoms with Gasteiger partial charge in [0.15, 0.2) is 11.6 Å². The van der Waals surface area contributed by atoms with E-state index in [1.54, 1.807) is 13.8 Å². The third-order valence-corrected chi connectivity index (χ3v) is 4.91. The Balaban J connectivity index is 0.000000151. The summed E-state index contributed by atoms with van der Waals surface area (Å²) < 4.78 is 0.931. The molecule has 0 radical (unpaired) electrons.